The smallest absolute Gasteiger partial charge is 0.320 e. The van der Waals surface area contributed by atoms with E-state index in [1.54, 1.807) is 10.6 Å². The molecule has 0 unspecified atom stereocenters. The molecular weight excluding hydrogens is 352 g/mol. The molecule has 2 aromatic rings. The van der Waals surface area contributed by atoms with E-state index in [-0.39, 0.29) is 6.03 Å². The van der Waals surface area contributed by atoms with Crippen molar-refractivity contribution in [3.8, 4) is 0 Å². The summed E-state index contributed by atoms with van der Waals surface area (Å²) in [6, 6.07) is 3.46. The number of carbonyl (C=O) groups excluding carboxylic acids is 1. The van der Waals surface area contributed by atoms with Crippen molar-refractivity contribution in [2.45, 2.75) is 6.92 Å². The van der Waals surface area contributed by atoms with Crippen molar-refractivity contribution in [3.05, 3.63) is 27.3 Å². The van der Waals surface area contributed by atoms with Gasteiger partial charge in [0.15, 0.2) is 5.82 Å². The van der Waals surface area contributed by atoms with Gasteiger partial charge in [-0.25, -0.2) is 9.31 Å². The predicted molar refractivity (Wildman–Crippen MR) is 73.3 cm³/mol. The number of amides is 2. The number of nitrogens with zero attached hydrogens (tertiary/aromatic N) is 2. The van der Waals surface area contributed by atoms with Gasteiger partial charge in [-0.2, -0.15) is 0 Å². The van der Waals surface area contributed by atoms with Crippen LogP contribution in [0.3, 0.4) is 0 Å². The minimum atomic E-state index is -0.258. The molecule has 2 amide bonds. The number of urea groups is 1. The number of nitrogens with one attached hydrogen (secondary N) is 2. The molecule has 5 nitrogen and oxygen atoms in total. The summed E-state index contributed by atoms with van der Waals surface area (Å²) in [5.41, 5.74) is 0.889. The molecule has 0 aliphatic carbocycles. The van der Waals surface area contributed by atoms with Crippen LogP contribution in [0.25, 0.3) is 5.52 Å². The number of fused-ring (bicyclic) bond motifs is 1. The number of rotatable bonds is 2. The van der Waals surface area contributed by atoms with Gasteiger partial charge in [0.1, 0.15) is 0 Å². The maximum Gasteiger partial charge on any atom is 0.320 e. The van der Waals surface area contributed by atoms with Gasteiger partial charge in [0.05, 0.1) is 5.52 Å². The first-order chi connectivity index (χ1) is 8.10. The van der Waals surface area contributed by atoms with E-state index in [0.29, 0.717) is 12.4 Å². The highest BCUT2D eigenvalue weighted by Crippen LogP contribution is 2.24. The molecule has 0 aliphatic heterocycles. The Morgan fingerprint density at radius 3 is 2.94 bits per heavy atom. The SMILES string of the molecule is CCNC(=O)Nc1cc2c(Br)cc(Br)cn2n1. The average Bonchev–Trinajstić information content (AvgIpc) is 2.60. The summed E-state index contributed by atoms with van der Waals surface area (Å²) in [4.78, 5) is 11.3. The summed E-state index contributed by atoms with van der Waals surface area (Å²) in [7, 11) is 0. The molecular formula is C10H10Br2N4O. The highest BCUT2D eigenvalue weighted by atomic mass is 79.9. The van der Waals surface area contributed by atoms with E-state index in [4.69, 9.17) is 0 Å². The third kappa shape index (κ3) is 2.78. The van der Waals surface area contributed by atoms with Crippen LogP contribution in [0.15, 0.2) is 27.3 Å². The normalized spacial score (nSPS) is 10.5. The van der Waals surface area contributed by atoms with Crippen LogP contribution in [-0.4, -0.2) is 22.2 Å². The van der Waals surface area contributed by atoms with Crippen molar-refractivity contribution in [1.82, 2.24) is 14.9 Å². The molecule has 0 fully saturated rings. The molecule has 2 heterocycles. The first-order valence-electron chi connectivity index (χ1n) is 4.99. The van der Waals surface area contributed by atoms with Crippen LogP contribution in [0, 0.1) is 0 Å². The molecule has 0 saturated heterocycles. The largest absolute Gasteiger partial charge is 0.338 e. The molecule has 0 saturated carbocycles. The summed E-state index contributed by atoms with van der Waals surface area (Å²) < 4.78 is 3.50. The van der Waals surface area contributed by atoms with E-state index >= 15 is 0 Å². The Kier molecular flexibility index (Phi) is 3.68. The fraction of sp³-hybridized carbons (Fsp3) is 0.200. The van der Waals surface area contributed by atoms with Gasteiger partial charge in [-0.3, -0.25) is 5.32 Å². The van der Waals surface area contributed by atoms with Gasteiger partial charge in [0, 0.05) is 27.8 Å². The first-order valence-corrected chi connectivity index (χ1v) is 6.58. The standard InChI is InChI=1S/C10H10Br2N4O/c1-2-13-10(17)14-9-4-8-7(12)3-6(11)5-16(8)15-9/h3-5H,2H2,1H3,(H2,13,14,15,17). The lowest BCUT2D eigenvalue weighted by Crippen LogP contribution is -2.28. The van der Waals surface area contributed by atoms with Crippen LogP contribution >= 0.6 is 31.9 Å². The van der Waals surface area contributed by atoms with Gasteiger partial charge in [0.2, 0.25) is 0 Å². The molecule has 0 aromatic carbocycles. The molecule has 0 spiro atoms. The van der Waals surface area contributed by atoms with Crippen molar-refractivity contribution in [3.63, 3.8) is 0 Å². The number of aromatic nitrogens is 2. The van der Waals surface area contributed by atoms with Gasteiger partial charge in [0.25, 0.3) is 0 Å². The van der Waals surface area contributed by atoms with Gasteiger partial charge in [-0.05, 0) is 44.8 Å². The lowest BCUT2D eigenvalue weighted by Gasteiger charge is -2.00. The summed E-state index contributed by atoms with van der Waals surface area (Å²) in [5.74, 6) is 0.509. The molecule has 0 radical (unpaired) electrons. The molecule has 0 atom stereocenters. The van der Waals surface area contributed by atoms with Gasteiger partial charge >= 0.3 is 6.03 Å². The minimum absolute atomic E-state index is 0.258. The molecule has 90 valence electrons. The molecule has 2 aromatic heterocycles. The van der Waals surface area contributed by atoms with E-state index < -0.39 is 0 Å². The minimum Gasteiger partial charge on any atom is -0.338 e. The zero-order chi connectivity index (χ0) is 12.4. The van der Waals surface area contributed by atoms with Crippen LogP contribution in [0.4, 0.5) is 10.6 Å². The van der Waals surface area contributed by atoms with E-state index in [2.05, 4.69) is 47.6 Å². The van der Waals surface area contributed by atoms with Crippen LogP contribution in [-0.2, 0) is 0 Å². The topological polar surface area (TPSA) is 58.4 Å². The second kappa shape index (κ2) is 5.05. The average molecular weight is 362 g/mol. The zero-order valence-corrected chi connectivity index (χ0v) is 12.2. The van der Waals surface area contributed by atoms with Crippen LogP contribution in [0.1, 0.15) is 6.92 Å². The third-order valence-electron chi connectivity index (χ3n) is 2.07. The summed E-state index contributed by atoms with van der Waals surface area (Å²) in [6.07, 6.45) is 1.82. The first kappa shape index (κ1) is 12.4. The molecule has 2 N–H and O–H groups in total. The van der Waals surface area contributed by atoms with Crippen LogP contribution in [0.2, 0.25) is 0 Å². The Morgan fingerprint density at radius 2 is 2.24 bits per heavy atom. The summed E-state index contributed by atoms with van der Waals surface area (Å²) in [5, 5.41) is 9.55. The van der Waals surface area contributed by atoms with E-state index in [0.717, 1.165) is 14.5 Å². The fourth-order valence-corrected chi connectivity index (χ4v) is 2.68. The monoisotopic (exact) mass is 360 g/mol. The number of hydrogen-bond acceptors (Lipinski definition) is 2. The molecule has 17 heavy (non-hydrogen) atoms. The zero-order valence-electron chi connectivity index (χ0n) is 9.00. The maximum absolute atomic E-state index is 11.3. The third-order valence-corrected chi connectivity index (χ3v) is 3.14. The van der Waals surface area contributed by atoms with Crippen molar-refractivity contribution >= 4 is 49.2 Å². The summed E-state index contributed by atoms with van der Waals surface area (Å²) >= 11 is 6.82. The summed E-state index contributed by atoms with van der Waals surface area (Å²) in [6.45, 7) is 2.44. The number of anilines is 1. The fourth-order valence-electron chi connectivity index (χ4n) is 1.40. The lowest BCUT2D eigenvalue weighted by molar-refractivity contribution is 0.252. The quantitative estimate of drug-likeness (QED) is 0.863. The van der Waals surface area contributed by atoms with Crippen LogP contribution < -0.4 is 10.6 Å². The lowest BCUT2D eigenvalue weighted by atomic mass is 10.4. The Labute approximate surface area is 115 Å². The number of hydrogen-bond donors (Lipinski definition) is 2. The van der Waals surface area contributed by atoms with Gasteiger partial charge in [-0.1, -0.05) is 0 Å². The van der Waals surface area contributed by atoms with Crippen molar-refractivity contribution in [2.24, 2.45) is 0 Å². The Bertz CT molecular complexity index is 567. The maximum atomic E-state index is 11.3. The van der Waals surface area contributed by atoms with E-state index in [9.17, 15) is 4.79 Å². The number of pyridine rings is 1. The van der Waals surface area contributed by atoms with E-state index in [1.807, 2.05) is 19.2 Å². The highest BCUT2D eigenvalue weighted by molar-refractivity contribution is 9.11. The molecule has 0 aliphatic rings. The Hall–Kier alpha value is -1.08. The molecule has 0 bridgehead atoms. The second-order valence-electron chi connectivity index (χ2n) is 3.35. The van der Waals surface area contributed by atoms with Gasteiger partial charge < -0.3 is 5.32 Å². The predicted octanol–water partition coefficient (Wildman–Crippen LogP) is 3.00. The number of carbonyl (C=O) groups is 1. The Morgan fingerprint density at radius 1 is 1.47 bits per heavy atom. The molecule has 2 rings (SSSR count). The van der Waals surface area contributed by atoms with Crippen molar-refractivity contribution in [1.29, 1.82) is 0 Å². The van der Waals surface area contributed by atoms with Crippen LogP contribution in [0.5, 0.6) is 0 Å². The van der Waals surface area contributed by atoms with Crippen molar-refractivity contribution in [2.75, 3.05) is 11.9 Å². The second-order valence-corrected chi connectivity index (χ2v) is 5.12. The van der Waals surface area contributed by atoms with E-state index in [1.165, 1.54) is 0 Å². The molecule has 7 heteroatoms. The Balaban J connectivity index is 2.32. The number of halogens is 2. The van der Waals surface area contributed by atoms with Gasteiger partial charge in [-0.15, -0.1) is 5.10 Å². The highest BCUT2D eigenvalue weighted by Gasteiger charge is 2.08. The van der Waals surface area contributed by atoms with Crippen molar-refractivity contribution < 1.29 is 4.79 Å².